The fourth-order valence-corrected chi connectivity index (χ4v) is 4.32. The molecule has 0 aliphatic carbocycles. The quantitative estimate of drug-likeness (QED) is 0.368. The lowest BCUT2D eigenvalue weighted by molar-refractivity contribution is -0.113. The number of nitrogens with zero attached hydrogens (tertiary/aromatic N) is 6. The number of rotatable bonds is 7. The summed E-state index contributed by atoms with van der Waals surface area (Å²) in [4.78, 5) is 16.8. The first-order valence-corrected chi connectivity index (χ1v) is 11.0. The molecule has 31 heavy (non-hydrogen) atoms. The molecule has 0 radical (unpaired) electrons. The van der Waals surface area contributed by atoms with Gasteiger partial charge in [-0.15, -0.1) is 10.2 Å². The molecule has 0 atom stereocenters. The summed E-state index contributed by atoms with van der Waals surface area (Å²) >= 11 is 2.42. The third kappa shape index (κ3) is 4.18. The monoisotopic (exact) mass is 449 g/mol. The molecule has 1 aromatic carbocycles. The van der Waals surface area contributed by atoms with Crippen LogP contribution in [-0.2, 0) is 22.7 Å². The number of fused-ring (bicyclic) bond motifs is 1. The number of benzene rings is 1. The van der Waals surface area contributed by atoms with Crippen molar-refractivity contribution in [3.63, 3.8) is 0 Å². The Balaban J connectivity index is 1.34. The molecule has 11 heteroatoms. The molecule has 1 N–H and O–H groups in total. The lowest BCUT2D eigenvalue weighted by atomic mass is 10.2. The molecule has 4 aromatic rings. The van der Waals surface area contributed by atoms with Crippen molar-refractivity contribution in [3.05, 3.63) is 66.9 Å². The maximum Gasteiger partial charge on any atom is 0.234 e. The smallest absolute Gasteiger partial charge is 0.234 e. The van der Waals surface area contributed by atoms with Gasteiger partial charge in [-0.05, 0) is 36.4 Å². The normalized spacial score (nSPS) is 11.9. The lowest BCUT2D eigenvalue weighted by Crippen LogP contribution is -2.15. The summed E-state index contributed by atoms with van der Waals surface area (Å²) in [6.45, 7) is 0.442. The molecule has 154 valence electrons. The second kappa shape index (κ2) is 8.66. The average Bonchev–Trinajstić information content (AvgIpc) is 3.55. The van der Waals surface area contributed by atoms with E-state index in [0.29, 0.717) is 28.9 Å². The third-order valence-corrected chi connectivity index (χ3v) is 5.93. The Bertz CT molecular complexity index is 1300. The summed E-state index contributed by atoms with van der Waals surface area (Å²) in [6.07, 6.45) is 5.05. The highest BCUT2D eigenvalue weighted by Crippen LogP contribution is 2.38. The summed E-state index contributed by atoms with van der Waals surface area (Å²) in [7, 11) is 0. The van der Waals surface area contributed by atoms with Crippen LogP contribution in [0.2, 0.25) is 0 Å². The molecule has 9 nitrogen and oxygen atoms in total. The van der Waals surface area contributed by atoms with Crippen LogP contribution in [-0.4, -0.2) is 31.4 Å². The molecule has 4 heterocycles. The highest BCUT2D eigenvalue weighted by Gasteiger charge is 2.18. The van der Waals surface area contributed by atoms with Gasteiger partial charge in [0.1, 0.15) is 17.1 Å². The second-order valence-electron chi connectivity index (χ2n) is 6.49. The minimum absolute atomic E-state index is 0.164. The van der Waals surface area contributed by atoms with Crippen molar-refractivity contribution in [2.45, 2.75) is 11.7 Å². The van der Waals surface area contributed by atoms with E-state index >= 15 is 0 Å². The number of anilines is 1. The number of hydrogen-bond acceptors (Lipinski definition) is 8. The largest absolute Gasteiger partial charge is 0.467 e. The van der Waals surface area contributed by atoms with E-state index in [4.69, 9.17) is 4.42 Å². The number of thioether (sulfide) groups is 1. The zero-order valence-electron chi connectivity index (χ0n) is 16.0. The van der Waals surface area contributed by atoms with E-state index in [1.165, 1.54) is 11.8 Å². The van der Waals surface area contributed by atoms with Gasteiger partial charge in [0.2, 0.25) is 5.91 Å². The maximum absolute atomic E-state index is 12.6. The second-order valence-corrected chi connectivity index (χ2v) is 7.96. The summed E-state index contributed by atoms with van der Waals surface area (Å²) in [6, 6.07) is 13.0. The van der Waals surface area contributed by atoms with Crippen LogP contribution in [0.4, 0.5) is 17.1 Å². The highest BCUT2D eigenvalue weighted by atomic mass is 32.2. The number of hydrogen-bond donors (Lipinski definition) is 1. The molecule has 1 aliphatic heterocycles. The van der Waals surface area contributed by atoms with Gasteiger partial charge in [0.05, 0.1) is 35.6 Å². The number of aromatic nitrogens is 4. The Hall–Kier alpha value is -3.57. The molecule has 1 amide bonds. The Labute approximate surface area is 184 Å². The summed E-state index contributed by atoms with van der Waals surface area (Å²) < 4.78 is 15.9. The van der Waals surface area contributed by atoms with Crippen LogP contribution in [0.5, 0.6) is 0 Å². The van der Waals surface area contributed by atoms with Crippen molar-refractivity contribution in [3.8, 4) is 11.4 Å². The van der Waals surface area contributed by atoms with E-state index < -0.39 is 0 Å². The predicted molar refractivity (Wildman–Crippen MR) is 118 cm³/mol. The van der Waals surface area contributed by atoms with Crippen molar-refractivity contribution < 1.29 is 9.21 Å². The van der Waals surface area contributed by atoms with Crippen LogP contribution in [0.25, 0.3) is 11.4 Å². The van der Waals surface area contributed by atoms with Gasteiger partial charge in [-0.3, -0.25) is 14.3 Å². The first kappa shape index (κ1) is 19.4. The van der Waals surface area contributed by atoms with Crippen molar-refractivity contribution in [2.24, 2.45) is 8.73 Å². The van der Waals surface area contributed by atoms with Gasteiger partial charge in [0, 0.05) is 18.0 Å². The SMILES string of the molecule is O=C(CSc1nnc(-c2cccnc2)n1Cc1ccco1)Nc1cccc2c1N=S=N2. The number of pyridine rings is 1. The van der Waals surface area contributed by atoms with Gasteiger partial charge >= 0.3 is 0 Å². The Morgan fingerprint density at radius 1 is 1.13 bits per heavy atom. The minimum atomic E-state index is -0.166. The molecular weight excluding hydrogens is 434 g/mol. The van der Waals surface area contributed by atoms with Crippen molar-refractivity contribution in [2.75, 3.05) is 11.1 Å². The fourth-order valence-electron chi connectivity index (χ4n) is 3.03. The maximum atomic E-state index is 12.6. The number of nitrogens with one attached hydrogen (secondary N) is 1. The zero-order chi connectivity index (χ0) is 21.0. The molecule has 0 bridgehead atoms. The number of carbonyl (C=O) groups excluding carboxylic acids is 1. The minimum Gasteiger partial charge on any atom is -0.467 e. The Kier molecular flexibility index (Phi) is 5.42. The van der Waals surface area contributed by atoms with Crippen LogP contribution < -0.4 is 5.32 Å². The third-order valence-electron chi connectivity index (χ3n) is 4.42. The molecule has 0 fully saturated rings. The molecule has 0 unspecified atom stereocenters. The average molecular weight is 450 g/mol. The first-order chi connectivity index (χ1) is 15.3. The van der Waals surface area contributed by atoms with Gasteiger partial charge in [0.15, 0.2) is 11.0 Å². The van der Waals surface area contributed by atoms with Gasteiger partial charge in [-0.2, -0.15) is 8.73 Å². The molecule has 5 rings (SSSR count). The predicted octanol–water partition coefficient (Wildman–Crippen LogP) is 4.44. The molecule has 1 aliphatic rings. The van der Waals surface area contributed by atoms with Crippen LogP contribution in [0.3, 0.4) is 0 Å². The lowest BCUT2D eigenvalue weighted by Gasteiger charge is -2.09. The van der Waals surface area contributed by atoms with Gasteiger partial charge in [0.25, 0.3) is 0 Å². The summed E-state index contributed by atoms with van der Waals surface area (Å²) in [5.74, 6) is 1.42. The van der Waals surface area contributed by atoms with E-state index in [-0.39, 0.29) is 11.7 Å². The van der Waals surface area contributed by atoms with Gasteiger partial charge < -0.3 is 9.73 Å². The molecule has 0 saturated heterocycles. The summed E-state index contributed by atoms with van der Waals surface area (Å²) in [5, 5.41) is 12.1. The van der Waals surface area contributed by atoms with Crippen LogP contribution in [0.15, 0.2) is 79.4 Å². The van der Waals surface area contributed by atoms with Crippen LogP contribution in [0, 0.1) is 0 Å². The molecule has 0 spiro atoms. The standard InChI is InChI=1S/C20H15N7O2S2/c28-17(22-15-6-1-7-16-18(15)26-31-25-16)12-30-20-24-23-19(13-4-2-8-21-10-13)27(20)11-14-5-3-9-29-14/h1-10H,11-12H2,(H,22,28). The van der Waals surface area contributed by atoms with E-state index in [9.17, 15) is 4.79 Å². The molecular formula is C20H15N7O2S2. The van der Waals surface area contributed by atoms with Crippen LogP contribution >= 0.6 is 11.8 Å². The topological polar surface area (TPSA) is 111 Å². The van der Waals surface area contributed by atoms with Crippen molar-refractivity contribution in [1.82, 2.24) is 19.7 Å². The van der Waals surface area contributed by atoms with E-state index in [1.807, 2.05) is 47.0 Å². The van der Waals surface area contributed by atoms with Crippen molar-refractivity contribution in [1.29, 1.82) is 0 Å². The van der Waals surface area contributed by atoms with Crippen LogP contribution in [0.1, 0.15) is 5.76 Å². The fraction of sp³-hybridized carbons (Fsp3) is 0.100. The van der Waals surface area contributed by atoms with E-state index in [1.54, 1.807) is 18.7 Å². The first-order valence-electron chi connectivity index (χ1n) is 9.28. The summed E-state index contributed by atoms with van der Waals surface area (Å²) in [5.41, 5.74) is 2.92. The van der Waals surface area contributed by atoms with Crippen molar-refractivity contribution >= 4 is 46.1 Å². The Morgan fingerprint density at radius 3 is 2.94 bits per heavy atom. The molecule has 3 aromatic heterocycles. The van der Waals surface area contributed by atoms with Gasteiger partial charge in [-0.1, -0.05) is 17.8 Å². The zero-order valence-corrected chi connectivity index (χ0v) is 17.6. The highest BCUT2D eigenvalue weighted by molar-refractivity contribution is 7.99. The number of carbonyl (C=O) groups is 1. The van der Waals surface area contributed by atoms with E-state index in [0.717, 1.165) is 28.4 Å². The number of amides is 1. The van der Waals surface area contributed by atoms with Gasteiger partial charge in [-0.25, -0.2) is 0 Å². The molecule has 0 saturated carbocycles. The number of furan rings is 1. The Morgan fingerprint density at radius 2 is 2.10 bits per heavy atom. The van der Waals surface area contributed by atoms with E-state index in [2.05, 4.69) is 29.2 Å².